The van der Waals surface area contributed by atoms with Crippen molar-refractivity contribution in [1.82, 2.24) is 4.98 Å². The second-order valence-electron chi connectivity index (χ2n) is 4.25. The molecule has 0 aliphatic carbocycles. The van der Waals surface area contributed by atoms with E-state index < -0.39 is 0 Å². The summed E-state index contributed by atoms with van der Waals surface area (Å²) in [5, 5.41) is 8.95. The summed E-state index contributed by atoms with van der Waals surface area (Å²) in [6, 6.07) is 3.54. The summed E-state index contributed by atoms with van der Waals surface area (Å²) in [5.74, 6) is 0.829. The number of anilines is 1. The van der Waals surface area contributed by atoms with Crippen molar-refractivity contribution in [2.75, 3.05) is 31.7 Å². The van der Waals surface area contributed by atoms with Crippen LogP contribution >= 0.6 is 0 Å². The highest BCUT2D eigenvalue weighted by Crippen LogP contribution is 2.23. The van der Waals surface area contributed by atoms with Crippen LogP contribution in [0.4, 0.5) is 5.82 Å². The number of hydrogen-bond donors (Lipinski definition) is 1. The third-order valence-corrected chi connectivity index (χ3v) is 3.02. The number of carbonyl (C=O) groups excluding carboxylic acids is 1. The predicted molar refractivity (Wildman–Crippen MR) is 63.1 cm³/mol. The van der Waals surface area contributed by atoms with E-state index in [-0.39, 0.29) is 12.6 Å². The molecule has 2 heterocycles. The Hall–Kier alpha value is -1.62. The molecule has 2 rings (SSSR count). The molecule has 1 aromatic rings. The quantitative estimate of drug-likeness (QED) is 0.779. The molecule has 5 nitrogen and oxygen atoms in total. The van der Waals surface area contributed by atoms with Gasteiger partial charge in [0.2, 0.25) is 0 Å². The van der Waals surface area contributed by atoms with Gasteiger partial charge in [-0.2, -0.15) is 0 Å². The smallest absolute Gasteiger partial charge is 0.339 e. The zero-order chi connectivity index (χ0) is 12.4. The second kappa shape index (κ2) is 4.71. The minimum absolute atomic E-state index is 0.218. The molecule has 1 N–H and O–H groups in total. The van der Waals surface area contributed by atoms with E-state index in [1.807, 2.05) is 6.07 Å². The maximum atomic E-state index is 11.4. The fraction of sp³-hybridized carbons (Fsp3) is 0.500. The molecule has 1 fully saturated rings. The molecule has 0 spiro atoms. The summed E-state index contributed by atoms with van der Waals surface area (Å²) in [6.45, 7) is 3.65. The van der Waals surface area contributed by atoms with Crippen molar-refractivity contribution >= 4 is 11.8 Å². The minimum atomic E-state index is -0.363. The van der Waals surface area contributed by atoms with Crippen molar-refractivity contribution in [3.05, 3.63) is 23.4 Å². The molecule has 1 aliphatic heterocycles. The maximum absolute atomic E-state index is 11.4. The number of rotatable bonds is 3. The molecule has 0 amide bonds. The van der Waals surface area contributed by atoms with Gasteiger partial charge in [0.25, 0.3) is 0 Å². The van der Waals surface area contributed by atoms with E-state index in [1.54, 1.807) is 13.0 Å². The second-order valence-corrected chi connectivity index (χ2v) is 4.25. The summed E-state index contributed by atoms with van der Waals surface area (Å²) in [5.41, 5.74) is 1.16. The first-order valence-corrected chi connectivity index (χ1v) is 5.57. The van der Waals surface area contributed by atoms with Crippen LogP contribution < -0.4 is 4.90 Å². The number of aliphatic hydroxyl groups is 1. The molecular weight excluding hydrogens is 220 g/mol. The van der Waals surface area contributed by atoms with Crippen LogP contribution in [0.25, 0.3) is 0 Å². The Labute approximate surface area is 100 Å². The molecule has 0 bridgehead atoms. The van der Waals surface area contributed by atoms with Crippen molar-refractivity contribution in [3.63, 3.8) is 0 Å². The van der Waals surface area contributed by atoms with Crippen LogP contribution in [0.5, 0.6) is 0 Å². The highest BCUT2D eigenvalue weighted by atomic mass is 16.5. The van der Waals surface area contributed by atoms with Gasteiger partial charge in [0.15, 0.2) is 0 Å². The molecule has 0 atom stereocenters. The van der Waals surface area contributed by atoms with Gasteiger partial charge in [-0.15, -0.1) is 0 Å². The lowest BCUT2D eigenvalue weighted by Gasteiger charge is -2.39. The van der Waals surface area contributed by atoms with E-state index in [0.29, 0.717) is 17.2 Å². The van der Waals surface area contributed by atoms with E-state index in [1.165, 1.54) is 7.11 Å². The number of aromatic nitrogens is 1. The fourth-order valence-corrected chi connectivity index (χ4v) is 1.92. The molecule has 92 valence electrons. The summed E-state index contributed by atoms with van der Waals surface area (Å²) >= 11 is 0. The minimum Gasteiger partial charge on any atom is -0.465 e. The topological polar surface area (TPSA) is 62.7 Å². The third kappa shape index (κ3) is 2.24. The van der Waals surface area contributed by atoms with Gasteiger partial charge in [0.05, 0.1) is 18.4 Å². The van der Waals surface area contributed by atoms with Gasteiger partial charge in [0, 0.05) is 25.6 Å². The molecule has 1 aliphatic rings. The van der Waals surface area contributed by atoms with Gasteiger partial charge in [-0.05, 0) is 19.1 Å². The Balaban J connectivity index is 2.12. The van der Waals surface area contributed by atoms with E-state index in [0.717, 1.165) is 18.9 Å². The maximum Gasteiger partial charge on any atom is 0.339 e. The molecule has 0 saturated carbocycles. The van der Waals surface area contributed by atoms with E-state index in [4.69, 9.17) is 5.11 Å². The number of esters is 1. The first-order chi connectivity index (χ1) is 8.15. The van der Waals surface area contributed by atoms with Crippen molar-refractivity contribution in [2.24, 2.45) is 5.92 Å². The summed E-state index contributed by atoms with van der Waals surface area (Å²) in [6.07, 6.45) is 0. The Morgan fingerprint density at radius 2 is 2.29 bits per heavy atom. The highest BCUT2D eigenvalue weighted by molar-refractivity contribution is 5.90. The van der Waals surface area contributed by atoms with Crippen LogP contribution in [0.3, 0.4) is 0 Å². The van der Waals surface area contributed by atoms with Crippen molar-refractivity contribution in [2.45, 2.75) is 6.92 Å². The van der Waals surface area contributed by atoms with Crippen LogP contribution in [0.15, 0.2) is 12.1 Å². The van der Waals surface area contributed by atoms with Crippen LogP contribution in [0, 0.1) is 12.8 Å². The van der Waals surface area contributed by atoms with Gasteiger partial charge < -0.3 is 14.7 Å². The predicted octanol–water partition coefficient (Wildman–Crippen LogP) is 0.605. The zero-order valence-electron chi connectivity index (χ0n) is 10.0. The Morgan fingerprint density at radius 3 is 2.82 bits per heavy atom. The third-order valence-electron chi connectivity index (χ3n) is 3.02. The summed E-state index contributed by atoms with van der Waals surface area (Å²) in [7, 11) is 1.36. The Bertz CT molecular complexity index is 428. The number of pyridine rings is 1. The number of hydrogen-bond acceptors (Lipinski definition) is 5. The van der Waals surface area contributed by atoms with Crippen LogP contribution in [0.2, 0.25) is 0 Å². The molecular formula is C12H16N2O3. The Morgan fingerprint density at radius 1 is 1.59 bits per heavy atom. The number of aryl methyl sites for hydroxylation is 1. The van der Waals surface area contributed by atoms with Crippen molar-refractivity contribution in [1.29, 1.82) is 0 Å². The van der Waals surface area contributed by atoms with Gasteiger partial charge in [-0.1, -0.05) is 0 Å². The van der Waals surface area contributed by atoms with Crippen LogP contribution in [-0.2, 0) is 4.74 Å². The molecule has 1 aromatic heterocycles. The average molecular weight is 236 g/mol. The number of nitrogens with zero attached hydrogens (tertiary/aromatic N) is 2. The lowest BCUT2D eigenvalue weighted by molar-refractivity contribution is 0.0599. The van der Waals surface area contributed by atoms with Gasteiger partial charge >= 0.3 is 5.97 Å². The van der Waals surface area contributed by atoms with Crippen molar-refractivity contribution in [3.8, 4) is 0 Å². The van der Waals surface area contributed by atoms with Crippen LogP contribution in [-0.4, -0.2) is 42.9 Å². The lowest BCUT2D eigenvalue weighted by atomic mass is 10.0. The highest BCUT2D eigenvalue weighted by Gasteiger charge is 2.27. The molecule has 0 aromatic carbocycles. The zero-order valence-corrected chi connectivity index (χ0v) is 10.0. The fourth-order valence-electron chi connectivity index (χ4n) is 1.92. The largest absolute Gasteiger partial charge is 0.465 e. The average Bonchev–Trinajstić information content (AvgIpc) is 2.27. The molecule has 1 saturated heterocycles. The van der Waals surface area contributed by atoms with Gasteiger partial charge in [-0.3, -0.25) is 0 Å². The van der Waals surface area contributed by atoms with Crippen molar-refractivity contribution < 1.29 is 14.6 Å². The summed E-state index contributed by atoms with van der Waals surface area (Å²) in [4.78, 5) is 17.8. The Kier molecular flexibility index (Phi) is 3.28. The SMILES string of the molecule is COC(=O)c1ccc(N2CC(CO)C2)nc1C. The molecule has 17 heavy (non-hydrogen) atoms. The normalized spacial score (nSPS) is 15.6. The number of ether oxygens (including phenoxy) is 1. The lowest BCUT2D eigenvalue weighted by Crippen LogP contribution is -2.48. The number of aliphatic hydroxyl groups excluding tert-OH is 1. The number of methoxy groups -OCH3 is 1. The van der Waals surface area contributed by atoms with E-state index in [2.05, 4.69) is 14.6 Å². The first kappa shape index (κ1) is 11.9. The standard InChI is InChI=1S/C12H16N2O3/c1-8-10(12(16)17-2)3-4-11(13-8)14-5-9(6-14)7-15/h3-4,9,15H,5-7H2,1-2H3. The first-order valence-electron chi connectivity index (χ1n) is 5.57. The summed E-state index contributed by atoms with van der Waals surface area (Å²) < 4.78 is 4.67. The number of carbonyl (C=O) groups is 1. The molecule has 5 heteroatoms. The van der Waals surface area contributed by atoms with Gasteiger partial charge in [-0.25, -0.2) is 9.78 Å². The molecule has 0 radical (unpaired) electrons. The van der Waals surface area contributed by atoms with E-state index >= 15 is 0 Å². The van der Waals surface area contributed by atoms with Gasteiger partial charge in [0.1, 0.15) is 5.82 Å². The molecule has 0 unspecified atom stereocenters. The van der Waals surface area contributed by atoms with E-state index in [9.17, 15) is 4.79 Å². The van der Waals surface area contributed by atoms with Crippen LogP contribution in [0.1, 0.15) is 16.1 Å². The monoisotopic (exact) mass is 236 g/mol.